The predicted octanol–water partition coefficient (Wildman–Crippen LogP) is 2.18. The third-order valence-electron chi connectivity index (χ3n) is 5.42. The molecule has 2 N–H and O–H groups in total. The van der Waals surface area contributed by atoms with E-state index in [1.807, 2.05) is 0 Å². The largest absolute Gasteiger partial charge is 0.352 e. The van der Waals surface area contributed by atoms with Crippen LogP contribution in [-0.2, 0) is 16.6 Å². The van der Waals surface area contributed by atoms with Gasteiger partial charge in [0, 0.05) is 23.9 Å². The number of hydrogen-bond donors (Lipinski definition) is 2. The average molecular weight is 307 g/mol. The summed E-state index contributed by atoms with van der Waals surface area (Å²) in [4.78, 5) is 12.5. The summed E-state index contributed by atoms with van der Waals surface area (Å²) in [5.74, 6) is 0.500. The lowest BCUT2D eigenvalue weighted by molar-refractivity contribution is -0.123. The van der Waals surface area contributed by atoms with Crippen molar-refractivity contribution in [2.24, 2.45) is 5.92 Å². The number of benzene rings is 1. The summed E-state index contributed by atoms with van der Waals surface area (Å²) < 4.78 is 0. The van der Waals surface area contributed by atoms with Crippen LogP contribution in [0.3, 0.4) is 0 Å². The first-order chi connectivity index (χ1) is 9.79. The van der Waals surface area contributed by atoms with Gasteiger partial charge in [-0.15, -0.1) is 12.4 Å². The smallest absolute Gasteiger partial charge is 0.224 e. The van der Waals surface area contributed by atoms with Crippen LogP contribution >= 0.6 is 12.4 Å². The number of carbonyl (C=O) groups is 1. The van der Waals surface area contributed by atoms with Crippen LogP contribution in [0.5, 0.6) is 0 Å². The Kier molecular flexibility index (Phi) is 3.98. The van der Waals surface area contributed by atoms with Gasteiger partial charge in [-0.25, -0.2) is 0 Å². The molecule has 0 bridgehead atoms. The molecule has 3 atom stereocenters. The molecular weight excluding hydrogens is 284 g/mol. The molecule has 21 heavy (non-hydrogen) atoms. The Morgan fingerprint density at radius 2 is 2.19 bits per heavy atom. The average Bonchev–Trinajstić information content (AvgIpc) is 2.95. The fourth-order valence-electron chi connectivity index (χ4n) is 4.26. The monoisotopic (exact) mass is 306 g/mol. The summed E-state index contributed by atoms with van der Waals surface area (Å²) >= 11 is 0. The Morgan fingerprint density at radius 3 is 3.00 bits per heavy atom. The van der Waals surface area contributed by atoms with Crippen LogP contribution in [0.4, 0.5) is 0 Å². The highest BCUT2D eigenvalue weighted by molar-refractivity contribution is 5.85. The lowest BCUT2D eigenvalue weighted by Crippen LogP contribution is -2.39. The second-order valence-electron chi connectivity index (χ2n) is 6.62. The van der Waals surface area contributed by atoms with E-state index in [9.17, 15) is 4.79 Å². The first kappa shape index (κ1) is 14.9. The van der Waals surface area contributed by atoms with E-state index in [1.54, 1.807) is 0 Å². The molecule has 4 rings (SSSR count). The molecule has 114 valence electrons. The van der Waals surface area contributed by atoms with Crippen LogP contribution in [0.1, 0.15) is 36.8 Å². The highest BCUT2D eigenvalue weighted by Gasteiger charge is 2.60. The first-order valence-electron chi connectivity index (χ1n) is 7.89. The Hall–Kier alpha value is -1.06. The normalized spacial score (nSPS) is 33.1. The van der Waals surface area contributed by atoms with Crippen LogP contribution in [-0.4, -0.2) is 25.0 Å². The third-order valence-corrected chi connectivity index (χ3v) is 5.42. The van der Waals surface area contributed by atoms with Crippen LogP contribution in [0.25, 0.3) is 0 Å². The van der Waals surface area contributed by atoms with Gasteiger partial charge in [-0.3, -0.25) is 4.79 Å². The van der Waals surface area contributed by atoms with Gasteiger partial charge in [0.15, 0.2) is 0 Å². The Morgan fingerprint density at radius 1 is 1.33 bits per heavy atom. The van der Waals surface area contributed by atoms with Gasteiger partial charge in [-0.1, -0.05) is 24.3 Å². The van der Waals surface area contributed by atoms with Crippen LogP contribution in [0.15, 0.2) is 24.3 Å². The zero-order valence-electron chi connectivity index (χ0n) is 12.2. The van der Waals surface area contributed by atoms with Crippen molar-refractivity contribution in [2.45, 2.75) is 43.6 Å². The van der Waals surface area contributed by atoms with Gasteiger partial charge >= 0.3 is 0 Å². The van der Waals surface area contributed by atoms with Crippen molar-refractivity contribution in [3.63, 3.8) is 0 Å². The Labute approximate surface area is 132 Å². The minimum Gasteiger partial charge on any atom is -0.352 e. The lowest BCUT2D eigenvalue weighted by Gasteiger charge is -2.26. The van der Waals surface area contributed by atoms with Crippen molar-refractivity contribution in [1.29, 1.82) is 0 Å². The zero-order chi connectivity index (χ0) is 13.6. The van der Waals surface area contributed by atoms with E-state index < -0.39 is 0 Å². The maximum atomic E-state index is 12.5. The fourth-order valence-corrected chi connectivity index (χ4v) is 4.26. The second-order valence-corrected chi connectivity index (χ2v) is 6.62. The molecule has 2 aliphatic carbocycles. The summed E-state index contributed by atoms with van der Waals surface area (Å²) in [5, 5.41) is 6.55. The molecule has 1 spiro atoms. The maximum Gasteiger partial charge on any atom is 0.224 e. The number of fused-ring (bicyclic) bond motifs is 2. The van der Waals surface area contributed by atoms with Gasteiger partial charge in [-0.05, 0) is 49.8 Å². The molecule has 1 aliphatic heterocycles. The highest BCUT2D eigenvalue weighted by atomic mass is 35.5. The third kappa shape index (κ3) is 2.47. The number of rotatable bonds is 2. The molecule has 3 unspecified atom stereocenters. The van der Waals surface area contributed by atoms with Gasteiger partial charge in [-0.2, -0.15) is 0 Å². The molecule has 3 aliphatic rings. The van der Waals surface area contributed by atoms with E-state index in [0.717, 1.165) is 25.9 Å². The van der Waals surface area contributed by atoms with Gasteiger partial charge in [0.1, 0.15) is 0 Å². The van der Waals surface area contributed by atoms with Crippen LogP contribution < -0.4 is 10.6 Å². The lowest BCUT2D eigenvalue weighted by atomic mass is 9.78. The molecule has 1 saturated carbocycles. The topological polar surface area (TPSA) is 41.1 Å². The number of nitrogens with one attached hydrogen (secondary N) is 2. The molecule has 4 heteroatoms. The molecule has 1 amide bonds. The van der Waals surface area contributed by atoms with Crippen molar-refractivity contribution in [1.82, 2.24) is 10.6 Å². The molecule has 2 fully saturated rings. The van der Waals surface area contributed by atoms with Crippen LogP contribution in [0, 0.1) is 5.92 Å². The van der Waals surface area contributed by atoms with E-state index in [4.69, 9.17) is 0 Å². The SMILES string of the molecule is Cl.O=C(NC1CCNC1)C1CC12CCCc1ccccc12. The second kappa shape index (κ2) is 5.62. The van der Waals surface area contributed by atoms with Gasteiger partial charge in [0.2, 0.25) is 5.91 Å². The predicted molar refractivity (Wildman–Crippen MR) is 85.8 cm³/mol. The zero-order valence-corrected chi connectivity index (χ0v) is 13.0. The highest BCUT2D eigenvalue weighted by Crippen LogP contribution is 2.60. The van der Waals surface area contributed by atoms with Crippen LogP contribution in [0.2, 0.25) is 0 Å². The van der Waals surface area contributed by atoms with Crippen molar-refractivity contribution in [3.05, 3.63) is 35.4 Å². The summed E-state index contributed by atoms with van der Waals surface area (Å²) in [6.45, 7) is 1.96. The van der Waals surface area contributed by atoms with Crippen molar-refractivity contribution in [2.75, 3.05) is 13.1 Å². The first-order valence-corrected chi connectivity index (χ1v) is 7.89. The van der Waals surface area contributed by atoms with Crippen molar-refractivity contribution >= 4 is 18.3 Å². The van der Waals surface area contributed by atoms with E-state index in [-0.39, 0.29) is 29.6 Å². The quantitative estimate of drug-likeness (QED) is 0.879. The standard InChI is InChI=1S/C17H22N2O.ClH/c20-16(19-13-7-9-18-11-13)15-10-17(15)8-3-5-12-4-1-2-6-14(12)17;/h1-2,4,6,13,15,18H,3,5,7-11H2,(H,19,20);1H. The molecular formula is C17H23ClN2O. The molecule has 1 aromatic carbocycles. The number of amides is 1. The maximum absolute atomic E-state index is 12.5. The molecule has 0 aromatic heterocycles. The molecule has 1 heterocycles. The molecule has 1 aromatic rings. The molecule has 3 nitrogen and oxygen atoms in total. The summed E-state index contributed by atoms with van der Waals surface area (Å²) in [6, 6.07) is 9.09. The number of halogens is 1. The van der Waals surface area contributed by atoms with Gasteiger partial charge in [0.05, 0.1) is 0 Å². The van der Waals surface area contributed by atoms with Crippen molar-refractivity contribution < 1.29 is 4.79 Å². The summed E-state index contributed by atoms with van der Waals surface area (Å²) in [7, 11) is 0. The van der Waals surface area contributed by atoms with E-state index in [1.165, 1.54) is 30.4 Å². The van der Waals surface area contributed by atoms with E-state index in [0.29, 0.717) is 6.04 Å². The number of hydrogen-bond acceptors (Lipinski definition) is 2. The van der Waals surface area contributed by atoms with E-state index >= 15 is 0 Å². The number of aryl methyl sites for hydroxylation is 1. The van der Waals surface area contributed by atoms with Crippen molar-refractivity contribution in [3.8, 4) is 0 Å². The van der Waals surface area contributed by atoms with Gasteiger partial charge in [0.25, 0.3) is 0 Å². The summed E-state index contributed by atoms with van der Waals surface area (Å²) in [6.07, 6.45) is 5.72. The fraction of sp³-hybridized carbons (Fsp3) is 0.588. The minimum atomic E-state index is 0. The number of carbonyl (C=O) groups excluding carboxylic acids is 1. The Bertz CT molecular complexity index is 541. The minimum absolute atomic E-state index is 0. The molecule has 0 radical (unpaired) electrons. The Balaban J connectivity index is 0.00000132. The summed E-state index contributed by atoms with van der Waals surface area (Å²) in [5.41, 5.74) is 3.10. The molecule has 1 saturated heterocycles. The van der Waals surface area contributed by atoms with E-state index in [2.05, 4.69) is 34.9 Å². The van der Waals surface area contributed by atoms with Gasteiger partial charge < -0.3 is 10.6 Å².